The van der Waals surface area contributed by atoms with E-state index in [2.05, 4.69) is 26.1 Å². The van der Waals surface area contributed by atoms with Crippen molar-refractivity contribution in [3.05, 3.63) is 0 Å². The molecule has 6 nitrogen and oxygen atoms in total. The molecule has 304 valence electrons. The normalized spacial score (nSPS) is 13.3. The number of unbranched alkanes of at least 4 members (excludes halogenated alkanes) is 29. The lowest BCUT2D eigenvalue weighted by atomic mass is 10.0. The fourth-order valence-corrected chi connectivity index (χ4v) is 7.20. The molecule has 0 fully saturated rings. The molecule has 0 aliphatic carbocycles. The number of aliphatic hydroxyl groups is 2. The smallest absolute Gasteiger partial charge is 0.306 e. The van der Waals surface area contributed by atoms with E-state index in [-0.39, 0.29) is 24.9 Å². The molecule has 0 saturated heterocycles. The van der Waals surface area contributed by atoms with Gasteiger partial charge in [-0.15, -0.1) is 0 Å². The summed E-state index contributed by atoms with van der Waals surface area (Å²) in [6, 6.07) is -0.689. The number of hydrogen-bond acceptors (Lipinski definition) is 5. The zero-order valence-electron chi connectivity index (χ0n) is 34.5. The van der Waals surface area contributed by atoms with Crippen LogP contribution in [0.25, 0.3) is 0 Å². The topological polar surface area (TPSA) is 95.9 Å². The van der Waals surface area contributed by atoms with Gasteiger partial charge in [0, 0.05) is 6.42 Å². The van der Waals surface area contributed by atoms with Crippen LogP contribution in [0.5, 0.6) is 0 Å². The third-order valence-electron chi connectivity index (χ3n) is 10.7. The summed E-state index contributed by atoms with van der Waals surface area (Å²) >= 11 is 0. The van der Waals surface area contributed by atoms with E-state index < -0.39 is 18.2 Å². The van der Waals surface area contributed by atoms with Crippen molar-refractivity contribution in [1.82, 2.24) is 5.32 Å². The van der Waals surface area contributed by atoms with Crippen molar-refractivity contribution in [2.45, 2.75) is 270 Å². The number of carbonyl (C=O) groups is 2. The SMILES string of the molecule is CCCCCCCCCCCCCCCC(CC(=O)NC(CO)C(O)CCCCCCCCCCC)OC(=O)CCCCCCCCCCCC. The molecule has 6 heteroatoms. The molecular weight excluding hydrogens is 634 g/mol. The molecule has 3 unspecified atom stereocenters. The Hall–Kier alpha value is -1.14. The van der Waals surface area contributed by atoms with Gasteiger partial charge in [0.15, 0.2) is 0 Å². The predicted molar refractivity (Wildman–Crippen MR) is 218 cm³/mol. The zero-order chi connectivity index (χ0) is 37.5. The third kappa shape index (κ3) is 35.6. The van der Waals surface area contributed by atoms with Crippen molar-refractivity contribution in [3.63, 3.8) is 0 Å². The van der Waals surface area contributed by atoms with Gasteiger partial charge in [0.2, 0.25) is 5.91 Å². The second kappa shape index (κ2) is 40.1. The molecule has 0 aliphatic rings. The van der Waals surface area contributed by atoms with Crippen molar-refractivity contribution in [2.75, 3.05) is 6.61 Å². The van der Waals surface area contributed by atoms with E-state index in [1.54, 1.807) is 0 Å². The summed E-state index contributed by atoms with van der Waals surface area (Å²) < 4.78 is 5.89. The molecule has 0 radical (unpaired) electrons. The highest BCUT2D eigenvalue weighted by Crippen LogP contribution is 2.18. The molecule has 1 amide bonds. The zero-order valence-corrected chi connectivity index (χ0v) is 34.5. The maximum atomic E-state index is 13.1. The van der Waals surface area contributed by atoms with Crippen LogP contribution in [0.2, 0.25) is 0 Å². The maximum absolute atomic E-state index is 13.1. The lowest BCUT2D eigenvalue weighted by Crippen LogP contribution is -2.46. The monoisotopic (exact) mass is 724 g/mol. The fraction of sp³-hybridized carbons (Fsp3) is 0.956. The molecular formula is C45H89NO5. The fourth-order valence-electron chi connectivity index (χ4n) is 7.20. The van der Waals surface area contributed by atoms with Crippen molar-refractivity contribution < 1.29 is 24.5 Å². The van der Waals surface area contributed by atoms with E-state index in [1.165, 1.54) is 161 Å². The Morgan fingerprint density at radius 1 is 0.490 bits per heavy atom. The van der Waals surface area contributed by atoms with Gasteiger partial charge in [0.25, 0.3) is 0 Å². The molecule has 3 atom stereocenters. The van der Waals surface area contributed by atoms with E-state index in [4.69, 9.17) is 4.74 Å². The number of carbonyl (C=O) groups excluding carboxylic acids is 2. The van der Waals surface area contributed by atoms with Crippen LogP contribution in [0.4, 0.5) is 0 Å². The van der Waals surface area contributed by atoms with E-state index in [1.807, 2.05) is 0 Å². The van der Waals surface area contributed by atoms with Crippen molar-refractivity contribution in [3.8, 4) is 0 Å². The Morgan fingerprint density at radius 3 is 1.20 bits per heavy atom. The van der Waals surface area contributed by atoms with Gasteiger partial charge in [-0.05, 0) is 25.7 Å². The molecule has 0 bridgehead atoms. The van der Waals surface area contributed by atoms with E-state index in [9.17, 15) is 19.8 Å². The highest BCUT2D eigenvalue weighted by molar-refractivity contribution is 5.77. The molecule has 0 heterocycles. The number of esters is 1. The van der Waals surface area contributed by atoms with Gasteiger partial charge in [-0.25, -0.2) is 0 Å². The molecule has 0 saturated carbocycles. The van der Waals surface area contributed by atoms with Crippen molar-refractivity contribution in [2.24, 2.45) is 0 Å². The summed E-state index contributed by atoms with van der Waals surface area (Å²) in [6.07, 6.45) is 40.2. The number of ether oxygens (including phenoxy) is 1. The van der Waals surface area contributed by atoms with Crippen molar-refractivity contribution >= 4 is 11.9 Å². The van der Waals surface area contributed by atoms with E-state index >= 15 is 0 Å². The summed E-state index contributed by atoms with van der Waals surface area (Å²) in [5, 5.41) is 23.6. The molecule has 51 heavy (non-hydrogen) atoms. The highest BCUT2D eigenvalue weighted by Gasteiger charge is 2.24. The van der Waals surface area contributed by atoms with Crippen LogP contribution in [-0.2, 0) is 14.3 Å². The summed E-state index contributed by atoms with van der Waals surface area (Å²) in [5.74, 6) is -0.460. The second-order valence-corrected chi connectivity index (χ2v) is 15.8. The van der Waals surface area contributed by atoms with Gasteiger partial charge in [-0.1, -0.05) is 213 Å². The summed E-state index contributed by atoms with van der Waals surface area (Å²) in [7, 11) is 0. The minimum Gasteiger partial charge on any atom is -0.462 e. The molecule has 0 aliphatic heterocycles. The van der Waals surface area contributed by atoms with E-state index in [0.29, 0.717) is 19.3 Å². The molecule has 0 aromatic carbocycles. The number of aliphatic hydroxyl groups excluding tert-OH is 2. The van der Waals surface area contributed by atoms with Crippen LogP contribution < -0.4 is 5.32 Å². The van der Waals surface area contributed by atoms with Crippen molar-refractivity contribution in [1.29, 1.82) is 0 Å². The lowest BCUT2D eigenvalue weighted by Gasteiger charge is -2.24. The molecule has 0 spiro atoms. The van der Waals surface area contributed by atoms with Gasteiger partial charge in [-0.2, -0.15) is 0 Å². The lowest BCUT2D eigenvalue weighted by molar-refractivity contribution is -0.151. The largest absolute Gasteiger partial charge is 0.462 e. The summed E-state index contributed by atoms with van der Waals surface area (Å²) in [5.41, 5.74) is 0. The minimum absolute atomic E-state index is 0.0866. The Labute approximate surface area is 317 Å². The first kappa shape index (κ1) is 49.9. The number of nitrogens with one attached hydrogen (secondary N) is 1. The Balaban J connectivity index is 4.55. The van der Waals surface area contributed by atoms with Crippen LogP contribution >= 0.6 is 0 Å². The second-order valence-electron chi connectivity index (χ2n) is 15.8. The van der Waals surface area contributed by atoms with Gasteiger partial charge < -0.3 is 20.3 Å². The van der Waals surface area contributed by atoms with E-state index in [0.717, 1.165) is 44.9 Å². The average molecular weight is 724 g/mol. The predicted octanol–water partition coefficient (Wildman–Crippen LogP) is 12.8. The standard InChI is InChI=1S/C45H89NO5/c1-4-7-10-13-16-19-21-22-23-25-27-30-33-36-41(51-45(50)38-35-32-29-26-20-17-14-11-8-5-2)39-44(49)46-42(40-47)43(48)37-34-31-28-24-18-15-12-9-6-3/h41-43,47-48H,4-40H2,1-3H3,(H,46,49). The minimum atomic E-state index is -0.776. The van der Waals surface area contributed by atoms with Crippen LogP contribution in [0.1, 0.15) is 252 Å². The van der Waals surface area contributed by atoms with Crippen LogP contribution in [-0.4, -0.2) is 46.9 Å². The molecule has 0 rings (SSSR count). The quantitative estimate of drug-likeness (QED) is 0.0431. The van der Waals surface area contributed by atoms with Crippen LogP contribution in [0, 0.1) is 0 Å². The van der Waals surface area contributed by atoms with Crippen LogP contribution in [0.15, 0.2) is 0 Å². The Bertz CT molecular complexity index is 731. The Kier molecular flexibility index (Phi) is 39.2. The first-order valence-corrected chi connectivity index (χ1v) is 22.8. The highest BCUT2D eigenvalue weighted by atomic mass is 16.5. The number of hydrogen-bond donors (Lipinski definition) is 3. The number of rotatable bonds is 41. The Morgan fingerprint density at radius 2 is 0.824 bits per heavy atom. The molecule has 3 N–H and O–H groups in total. The summed E-state index contributed by atoms with van der Waals surface area (Å²) in [6.45, 7) is 6.46. The van der Waals surface area contributed by atoms with Gasteiger partial charge in [0.1, 0.15) is 6.10 Å². The molecule has 0 aromatic heterocycles. The molecule has 0 aromatic rings. The third-order valence-corrected chi connectivity index (χ3v) is 10.7. The first-order chi connectivity index (χ1) is 25.0. The first-order valence-electron chi connectivity index (χ1n) is 22.8. The van der Waals surface area contributed by atoms with Gasteiger partial charge in [-0.3, -0.25) is 9.59 Å². The number of amides is 1. The van der Waals surface area contributed by atoms with Gasteiger partial charge >= 0.3 is 5.97 Å². The van der Waals surface area contributed by atoms with Crippen LogP contribution in [0.3, 0.4) is 0 Å². The summed E-state index contributed by atoms with van der Waals surface area (Å²) in [4.78, 5) is 25.9. The van der Waals surface area contributed by atoms with Gasteiger partial charge in [0.05, 0.1) is 25.2 Å². The average Bonchev–Trinajstić information content (AvgIpc) is 3.12. The maximum Gasteiger partial charge on any atom is 0.306 e.